The second kappa shape index (κ2) is 5.61. The molecule has 108 valence electrons. The van der Waals surface area contributed by atoms with Gasteiger partial charge in [-0.25, -0.2) is 9.37 Å². The molecule has 7 heteroatoms. The Morgan fingerprint density at radius 3 is 2.86 bits per heavy atom. The average molecular weight is 304 g/mol. The van der Waals surface area contributed by atoms with Crippen molar-refractivity contribution in [1.29, 1.82) is 0 Å². The van der Waals surface area contributed by atoms with Crippen LogP contribution >= 0.6 is 11.3 Å². The van der Waals surface area contributed by atoms with Crippen molar-refractivity contribution in [2.45, 2.75) is 13.3 Å². The van der Waals surface area contributed by atoms with E-state index in [9.17, 15) is 9.18 Å². The first kappa shape index (κ1) is 13.7. The Balaban J connectivity index is 1.69. The summed E-state index contributed by atoms with van der Waals surface area (Å²) in [4.78, 5) is 16.6. The van der Waals surface area contributed by atoms with Crippen LogP contribution in [0.2, 0.25) is 0 Å². The third-order valence-electron chi connectivity index (χ3n) is 2.98. The van der Waals surface area contributed by atoms with Crippen LogP contribution in [0.5, 0.6) is 0 Å². The van der Waals surface area contributed by atoms with Gasteiger partial charge in [0.2, 0.25) is 10.1 Å². The number of benzene rings is 1. The molecule has 3 rings (SSSR count). The Bertz CT molecular complexity index is 825. The van der Waals surface area contributed by atoms with Crippen LogP contribution < -0.4 is 10.9 Å². The lowest BCUT2D eigenvalue weighted by atomic mass is 10.1. The molecule has 2 aromatic heterocycles. The summed E-state index contributed by atoms with van der Waals surface area (Å²) in [6, 6.07) is 7.85. The molecule has 0 fully saturated rings. The fraction of sp³-hybridized carbons (Fsp3) is 0.214. The van der Waals surface area contributed by atoms with Gasteiger partial charge in [0.15, 0.2) is 0 Å². The number of aryl methyl sites for hydroxylation is 1. The predicted octanol–water partition coefficient (Wildman–Crippen LogP) is 2.25. The van der Waals surface area contributed by atoms with E-state index in [1.807, 2.05) is 0 Å². The van der Waals surface area contributed by atoms with E-state index in [-0.39, 0.29) is 11.4 Å². The highest BCUT2D eigenvalue weighted by molar-refractivity contribution is 7.20. The summed E-state index contributed by atoms with van der Waals surface area (Å²) in [6.07, 6.45) is 0.748. The number of nitrogens with one attached hydrogen (secondary N) is 1. The van der Waals surface area contributed by atoms with Gasteiger partial charge in [0, 0.05) is 18.3 Å². The summed E-state index contributed by atoms with van der Waals surface area (Å²) in [5, 5.41) is 7.99. The van der Waals surface area contributed by atoms with Crippen molar-refractivity contribution in [2.75, 3.05) is 11.9 Å². The van der Waals surface area contributed by atoms with Crippen LogP contribution in [-0.2, 0) is 6.42 Å². The minimum absolute atomic E-state index is 0.180. The lowest BCUT2D eigenvalue weighted by Crippen LogP contribution is -2.14. The van der Waals surface area contributed by atoms with Crippen LogP contribution in [0.1, 0.15) is 11.3 Å². The maximum Gasteiger partial charge on any atom is 0.275 e. The van der Waals surface area contributed by atoms with Gasteiger partial charge in [0.25, 0.3) is 5.56 Å². The van der Waals surface area contributed by atoms with E-state index in [4.69, 9.17) is 0 Å². The smallest absolute Gasteiger partial charge is 0.275 e. The highest BCUT2D eigenvalue weighted by atomic mass is 32.1. The topological polar surface area (TPSA) is 59.3 Å². The number of anilines is 1. The highest BCUT2D eigenvalue weighted by Crippen LogP contribution is 2.16. The summed E-state index contributed by atoms with van der Waals surface area (Å²) < 4.78 is 14.1. The summed E-state index contributed by atoms with van der Waals surface area (Å²) in [7, 11) is 0. The number of hydrogen-bond acceptors (Lipinski definition) is 5. The molecule has 1 N–H and O–H groups in total. The monoisotopic (exact) mass is 304 g/mol. The predicted molar refractivity (Wildman–Crippen MR) is 80.5 cm³/mol. The van der Waals surface area contributed by atoms with Gasteiger partial charge < -0.3 is 5.32 Å². The third-order valence-corrected chi connectivity index (χ3v) is 3.84. The molecule has 2 heterocycles. The molecular formula is C14H13FN4OS. The molecule has 0 aliphatic carbocycles. The standard InChI is InChI=1S/C14H13FN4OS/c1-9-8-12(20)19-14(17-9)21-13(18-19)16-7-6-10-2-4-11(15)5-3-10/h2-5,8H,6-7H2,1H3,(H,16,18). The number of nitrogens with zero attached hydrogens (tertiary/aromatic N) is 3. The van der Waals surface area contributed by atoms with Crippen LogP contribution in [0, 0.1) is 12.7 Å². The van der Waals surface area contributed by atoms with Crippen LogP contribution in [0.15, 0.2) is 35.1 Å². The van der Waals surface area contributed by atoms with E-state index in [0.29, 0.717) is 22.3 Å². The van der Waals surface area contributed by atoms with Gasteiger partial charge in [-0.15, -0.1) is 5.10 Å². The van der Waals surface area contributed by atoms with Crippen LogP contribution in [-0.4, -0.2) is 21.1 Å². The Labute approximate surface area is 124 Å². The van der Waals surface area contributed by atoms with Crippen LogP contribution in [0.4, 0.5) is 9.52 Å². The molecular weight excluding hydrogens is 291 g/mol. The number of hydrogen-bond donors (Lipinski definition) is 1. The Morgan fingerprint density at radius 1 is 1.33 bits per heavy atom. The van der Waals surface area contributed by atoms with Crippen molar-refractivity contribution in [3.05, 3.63) is 57.8 Å². The first-order valence-corrected chi connectivity index (χ1v) is 7.29. The van der Waals surface area contributed by atoms with Gasteiger partial charge in [0.1, 0.15) is 5.82 Å². The molecule has 0 amide bonds. The SMILES string of the molecule is Cc1cc(=O)n2nc(NCCc3ccc(F)cc3)sc2n1. The first-order chi connectivity index (χ1) is 10.1. The Hall–Kier alpha value is -2.28. The second-order valence-corrected chi connectivity index (χ2v) is 5.60. The fourth-order valence-electron chi connectivity index (χ4n) is 1.96. The minimum Gasteiger partial charge on any atom is -0.360 e. The molecule has 1 aromatic carbocycles. The fourth-order valence-corrected chi connectivity index (χ4v) is 2.83. The number of rotatable bonds is 4. The normalized spacial score (nSPS) is 11.0. The zero-order valence-electron chi connectivity index (χ0n) is 11.3. The molecule has 0 aliphatic rings. The maximum absolute atomic E-state index is 12.8. The average Bonchev–Trinajstić information content (AvgIpc) is 2.84. The molecule has 0 saturated heterocycles. The first-order valence-electron chi connectivity index (χ1n) is 6.48. The molecule has 5 nitrogen and oxygen atoms in total. The highest BCUT2D eigenvalue weighted by Gasteiger charge is 2.07. The van der Waals surface area contributed by atoms with Crippen molar-refractivity contribution >= 4 is 21.4 Å². The third kappa shape index (κ3) is 3.08. The summed E-state index contributed by atoms with van der Waals surface area (Å²) in [6.45, 7) is 2.43. The van der Waals surface area contributed by atoms with Crippen molar-refractivity contribution in [2.24, 2.45) is 0 Å². The second-order valence-electron chi connectivity index (χ2n) is 4.64. The Morgan fingerprint density at radius 2 is 2.10 bits per heavy atom. The molecule has 0 radical (unpaired) electrons. The molecule has 3 aromatic rings. The van der Waals surface area contributed by atoms with E-state index >= 15 is 0 Å². The molecule has 0 aliphatic heterocycles. The molecule has 0 unspecified atom stereocenters. The molecule has 21 heavy (non-hydrogen) atoms. The number of fused-ring (bicyclic) bond motifs is 1. The maximum atomic E-state index is 12.8. The van der Waals surface area contributed by atoms with E-state index < -0.39 is 0 Å². The zero-order valence-corrected chi connectivity index (χ0v) is 12.2. The molecule has 0 bridgehead atoms. The number of aromatic nitrogens is 3. The van der Waals surface area contributed by atoms with Gasteiger partial charge >= 0.3 is 0 Å². The zero-order chi connectivity index (χ0) is 14.8. The molecule has 0 saturated carbocycles. The minimum atomic E-state index is -0.237. The van der Waals surface area contributed by atoms with Gasteiger partial charge in [-0.3, -0.25) is 4.79 Å². The number of halogens is 1. The van der Waals surface area contributed by atoms with E-state index in [2.05, 4.69) is 15.4 Å². The van der Waals surface area contributed by atoms with Crippen molar-refractivity contribution < 1.29 is 4.39 Å². The van der Waals surface area contributed by atoms with Gasteiger partial charge in [-0.1, -0.05) is 23.5 Å². The molecule has 0 atom stereocenters. The summed E-state index contributed by atoms with van der Waals surface area (Å²) >= 11 is 1.33. The van der Waals surface area contributed by atoms with Crippen LogP contribution in [0.3, 0.4) is 0 Å². The Kier molecular flexibility index (Phi) is 3.66. The lowest BCUT2D eigenvalue weighted by molar-refractivity contribution is 0.627. The summed E-state index contributed by atoms with van der Waals surface area (Å²) in [5.41, 5.74) is 1.54. The largest absolute Gasteiger partial charge is 0.360 e. The lowest BCUT2D eigenvalue weighted by Gasteiger charge is -2.02. The van der Waals surface area contributed by atoms with Crippen molar-refractivity contribution in [1.82, 2.24) is 14.6 Å². The van der Waals surface area contributed by atoms with Crippen molar-refractivity contribution in [3.63, 3.8) is 0 Å². The quantitative estimate of drug-likeness (QED) is 0.803. The van der Waals surface area contributed by atoms with E-state index in [1.165, 1.54) is 34.1 Å². The van der Waals surface area contributed by atoms with E-state index in [0.717, 1.165) is 12.0 Å². The van der Waals surface area contributed by atoms with E-state index in [1.54, 1.807) is 19.1 Å². The van der Waals surface area contributed by atoms with Gasteiger partial charge in [-0.05, 0) is 31.0 Å². The van der Waals surface area contributed by atoms with Crippen LogP contribution in [0.25, 0.3) is 4.96 Å². The van der Waals surface area contributed by atoms with Crippen molar-refractivity contribution in [3.8, 4) is 0 Å². The summed E-state index contributed by atoms with van der Waals surface area (Å²) in [5.74, 6) is -0.237. The van der Waals surface area contributed by atoms with Gasteiger partial charge in [0.05, 0.1) is 0 Å². The van der Waals surface area contributed by atoms with Gasteiger partial charge in [-0.2, -0.15) is 4.52 Å². The molecule has 0 spiro atoms.